The number of nitriles is 1. The number of carbonyl (C=O) groups is 1. The Hall–Kier alpha value is -4.51. The highest BCUT2D eigenvalue weighted by Gasteiger charge is 2.15. The Labute approximate surface area is 247 Å². The summed E-state index contributed by atoms with van der Waals surface area (Å²) in [5, 5.41) is 13.3. The number of nitrogens with one attached hydrogen (secondary N) is 1. The first kappa shape index (κ1) is 29.5. The molecule has 0 aliphatic heterocycles. The molecule has 208 valence electrons. The maximum Gasteiger partial charge on any atom is 0.266 e. The molecule has 41 heavy (non-hydrogen) atoms. The second-order valence-electron chi connectivity index (χ2n) is 8.74. The number of halogens is 3. The molecule has 4 aromatic rings. The molecule has 1 amide bonds. The van der Waals surface area contributed by atoms with Crippen molar-refractivity contribution < 1.29 is 23.4 Å². The zero-order chi connectivity index (χ0) is 29.2. The van der Waals surface area contributed by atoms with E-state index >= 15 is 0 Å². The van der Waals surface area contributed by atoms with Gasteiger partial charge in [-0.3, -0.25) is 4.79 Å². The summed E-state index contributed by atoms with van der Waals surface area (Å²) in [6, 6.07) is 25.2. The van der Waals surface area contributed by atoms with Gasteiger partial charge in [-0.25, -0.2) is 4.39 Å². The van der Waals surface area contributed by atoms with Crippen LogP contribution in [0.4, 0.5) is 10.1 Å². The topological polar surface area (TPSA) is 80.6 Å². The number of benzene rings is 4. The highest BCUT2D eigenvalue weighted by Crippen LogP contribution is 2.38. The fourth-order valence-electron chi connectivity index (χ4n) is 3.71. The van der Waals surface area contributed by atoms with E-state index in [1.54, 1.807) is 60.7 Å². The molecule has 0 spiro atoms. The Bertz CT molecular complexity index is 1570. The van der Waals surface area contributed by atoms with Crippen LogP contribution in [-0.2, 0) is 18.0 Å². The number of ether oxygens (including phenoxy) is 3. The van der Waals surface area contributed by atoms with Crippen LogP contribution in [0.5, 0.6) is 17.2 Å². The van der Waals surface area contributed by atoms with Crippen LogP contribution in [0.25, 0.3) is 6.08 Å². The molecule has 0 unspecified atom stereocenters. The molecule has 0 saturated carbocycles. The van der Waals surface area contributed by atoms with Crippen LogP contribution < -0.4 is 19.5 Å². The van der Waals surface area contributed by atoms with Crippen LogP contribution in [0.3, 0.4) is 0 Å². The number of hydrogen-bond acceptors (Lipinski definition) is 5. The largest absolute Gasteiger partial charge is 0.490 e. The van der Waals surface area contributed by atoms with E-state index in [9.17, 15) is 14.4 Å². The van der Waals surface area contributed by atoms with Crippen LogP contribution >= 0.6 is 23.2 Å². The number of hydrogen-bond donors (Lipinski definition) is 1. The number of amides is 1. The normalized spacial score (nSPS) is 11.0. The minimum Gasteiger partial charge on any atom is -0.490 e. The zero-order valence-corrected chi connectivity index (χ0v) is 23.5. The lowest BCUT2D eigenvalue weighted by atomic mass is 10.1. The molecular formula is C32H25Cl2FN2O4. The maximum atomic E-state index is 13.2. The molecule has 4 rings (SSSR count). The van der Waals surface area contributed by atoms with Crippen molar-refractivity contribution in [2.75, 3.05) is 11.9 Å². The highest BCUT2D eigenvalue weighted by molar-refractivity contribution is 6.32. The number of anilines is 1. The van der Waals surface area contributed by atoms with Crippen LogP contribution in [0.2, 0.25) is 10.0 Å². The molecule has 1 N–H and O–H groups in total. The molecule has 0 atom stereocenters. The van der Waals surface area contributed by atoms with E-state index in [-0.39, 0.29) is 23.0 Å². The average Bonchev–Trinajstić information content (AvgIpc) is 2.97. The second-order valence-corrected chi connectivity index (χ2v) is 9.59. The number of nitrogens with zero attached hydrogens (tertiary/aromatic N) is 1. The monoisotopic (exact) mass is 590 g/mol. The number of rotatable bonds is 11. The van der Waals surface area contributed by atoms with Crippen molar-refractivity contribution in [2.24, 2.45) is 0 Å². The Morgan fingerprint density at radius 1 is 0.902 bits per heavy atom. The second kappa shape index (κ2) is 14.2. The molecular weight excluding hydrogens is 566 g/mol. The van der Waals surface area contributed by atoms with Crippen molar-refractivity contribution in [3.63, 3.8) is 0 Å². The zero-order valence-electron chi connectivity index (χ0n) is 22.0. The third kappa shape index (κ3) is 8.49. The average molecular weight is 591 g/mol. The smallest absolute Gasteiger partial charge is 0.266 e. The van der Waals surface area contributed by atoms with Gasteiger partial charge in [0.25, 0.3) is 5.91 Å². The maximum absolute atomic E-state index is 13.2. The van der Waals surface area contributed by atoms with Crippen molar-refractivity contribution in [1.82, 2.24) is 0 Å². The van der Waals surface area contributed by atoms with Crippen LogP contribution in [0.1, 0.15) is 23.6 Å². The lowest BCUT2D eigenvalue weighted by Gasteiger charge is -2.15. The van der Waals surface area contributed by atoms with Crippen molar-refractivity contribution in [1.29, 1.82) is 5.26 Å². The van der Waals surface area contributed by atoms with E-state index in [2.05, 4.69) is 5.32 Å². The van der Waals surface area contributed by atoms with Gasteiger partial charge >= 0.3 is 0 Å². The molecule has 0 aliphatic carbocycles. The summed E-state index contributed by atoms with van der Waals surface area (Å²) in [5.74, 6) is 0.338. The Morgan fingerprint density at radius 2 is 1.54 bits per heavy atom. The molecule has 0 saturated heterocycles. The van der Waals surface area contributed by atoms with Crippen molar-refractivity contribution in [3.05, 3.63) is 123 Å². The van der Waals surface area contributed by atoms with Crippen LogP contribution in [0.15, 0.2) is 90.5 Å². The van der Waals surface area contributed by atoms with Gasteiger partial charge in [-0.15, -0.1) is 0 Å². The molecule has 0 radical (unpaired) electrons. The van der Waals surface area contributed by atoms with Gasteiger partial charge in [-0.05, 0) is 90.4 Å². The summed E-state index contributed by atoms with van der Waals surface area (Å²) in [7, 11) is 0. The number of carbonyl (C=O) groups excluding carboxylic acids is 1. The van der Waals surface area contributed by atoms with Gasteiger partial charge < -0.3 is 19.5 Å². The molecule has 0 heterocycles. The Morgan fingerprint density at radius 3 is 2.17 bits per heavy atom. The van der Waals surface area contributed by atoms with Gasteiger partial charge in [-0.2, -0.15) is 5.26 Å². The summed E-state index contributed by atoms with van der Waals surface area (Å²) in [4.78, 5) is 12.9. The molecule has 0 fully saturated rings. The van der Waals surface area contributed by atoms with Crippen molar-refractivity contribution in [3.8, 4) is 23.3 Å². The van der Waals surface area contributed by atoms with E-state index in [0.717, 1.165) is 11.1 Å². The third-order valence-electron chi connectivity index (χ3n) is 5.74. The summed E-state index contributed by atoms with van der Waals surface area (Å²) in [5.41, 5.74) is 2.55. The molecule has 4 aromatic carbocycles. The summed E-state index contributed by atoms with van der Waals surface area (Å²) in [6.45, 7) is 2.66. The fourth-order valence-corrected chi connectivity index (χ4v) is 4.11. The van der Waals surface area contributed by atoms with E-state index in [1.807, 2.05) is 25.1 Å². The van der Waals surface area contributed by atoms with Crippen LogP contribution in [-0.4, -0.2) is 12.5 Å². The first-order chi connectivity index (χ1) is 19.8. The molecule has 6 nitrogen and oxygen atoms in total. The quantitative estimate of drug-likeness (QED) is 0.140. The summed E-state index contributed by atoms with van der Waals surface area (Å²) < 4.78 is 30.5. The lowest BCUT2D eigenvalue weighted by Crippen LogP contribution is -2.13. The van der Waals surface area contributed by atoms with Gasteiger partial charge in [0, 0.05) is 10.7 Å². The first-order valence-electron chi connectivity index (χ1n) is 12.6. The summed E-state index contributed by atoms with van der Waals surface area (Å²) in [6.07, 6.45) is 1.41. The van der Waals surface area contributed by atoms with E-state index in [1.165, 1.54) is 18.2 Å². The standard InChI is InChI=1S/C32H25Cl2FN2O4/c1-2-39-30-17-23(16-29(34)31(30)41-20-22-5-9-26(35)10-6-22)15-24(18-36)32(38)37-27-11-13-28(14-12-27)40-19-21-3-7-25(33)8-4-21/h3-17H,2,19-20H2,1H3,(H,37,38)/b24-15+. The van der Waals surface area contributed by atoms with Gasteiger partial charge in [-0.1, -0.05) is 47.5 Å². The molecule has 0 aromatic heterocycles. The highest BCUT2D eigenvalue weighted by atomic mass is 35.5. The van der Waals surface area contributed by atoms with Crippen molar-refractivity contribution in [2.45, 2.75) is 20.1 Å². The lowest BCUT2D eigenvalue weighted by molar-refractivity contribution is -0.112. The fraction of sp³-hybridized carbons (Fsp3) is 0.125. The van der Waals surface area contributed by atoms with E-state index < -0.39 is 5.91 Å². The minimum atomic E-state index is -0.590. The Kier molecular flexibility index (Phi) is 10.2. The van der Waals surface area contributed by atoms with Crippen molar-refractivity contribution >= 4 is 40.9 Å². The molecule has 0 bridgehead atoms. The first-order valence-corrected chi connectivity index (χ1v) is 13.3. The van der Waals surface area contributed by atoms with Crippen LogP contribution in [0, 0.1) is 17.1 Å². The molecule has 0 aliphatic rings. The minimum absolute atomic E-state index is 0.133. The predicted molar refractivity (Wildman–Crippen MR) is 158 cm³/mol. The third-order valence-corrected chi connectivity index (χ3v) is 6.27. The molecule has 9 heteroatoms. The van der Waals surface area contributed by atoms with E-state index in [0.29, 0.717) is 46.7 Å². The van der Waals surface area contributed by atoms with Gasteiger partial charge in [0.15, 0.2) is 11.5 Å². The van der Waals surface area contributed by atoms with Gasteiger partial charge in [0.2, 0.25) is 0 Å². The Balaban J connectivity index is 1.43. The predicted octanol–water partition coefficient (Wildman–Crippen LogP) is 8.23. The SMILES string of the molecule is CCOc1cc(/C=C(\C#N)C(=O)Nc2ccc(OCc3ccc(Cl)cc3)cc2)cc(Cl)c1OCc1ccc(F)cc1. The van der Waals surface area contributed by atoms with Gasteiger partial charge in [0.1, 0.15) is 36.4 Å². The van der Waals surface area contributed by atoms with Gasteiger partial charge in [0.05, 0.1) is 11.6 Å². The summed E-state index contributed by atoms with van der Waals surface area (Å²) >= 11 is 12.4. The van der Waals surface area contributed by atoms with E-state index in [4.69, 9.17) is 37.4 Å².